The van der Waals surface area contributed by atoms with E-state index in [-0.39, 0.29) is 5.91 Å². The third-order valence-corrected chi connectivity index (χ3v) is 6.86. The Morgan fingerprint density at radius 3 is 2.40 bits per heavy atom. The third-order valence-electron chi connectivity index (χ3n) is 4.37. The number of carbonyl (C=O) groups is 1. The van der Waals surface area contributed by atoms with Gasteiger partial charge >= 0.3 is 0 Å². The Labute approximate surface area is 156 Å². The van der Waals surface area contributed by atoms with Crippen LogP contribution in [-0.4, -0.2) is 54.7 Å². The van der Waals surface area contributed by atoms with Crippen molar-refractivity contribution in [2.75, 3.05) is 26.2 Å². The number of nitrogens with one attached hydrogen (secondary N) is 1. The number of aryl methyl sites for hydroxylation is 2. The van der Waals surface area contributed by atoms with Crippen molar-refractivity contribution in [3.63, 3.8) is 0 Å². The topological polar surface area (TPSA) is 73.5 Å². The molecule has 1 fully saturated rings. The fourth-order valence-electron chi connectivity index (χ4n) is 2.92. The van der Waals surface area contributed by atoms with Crippen molar-refractivity contribution >= 4 is 31.9 Å². The van der Waals surface area contributed by atoms with E-state index in [1.54, 1.807) is 30.2 Å². The molecule has 2 aromatic rings. The molecular formula is C17H20BrN3O3S. The zero-order chi connectivity index (χ0) is 18.2. The first-order chi connectivity index (χ1) is 11.8. The van der Waals surface area contributed by atoms with Gasteiger partial charge in [-0.2, -0.15) is 4.31 Å². The number of piperazine rings is 1. The number of nitrogens with zero attached hydrogens (tertiary/aromatic N) is 2. The molecule has 3 rings (SSSR count). The van der Waals surface area contributed by atoms with Gasteiger partial charge in [0.25, 0.3) is 5.91 Å². The molecule has 0 aliphatic carbocycles. The van der Waals surface area contributed by atoms with Crippen LogP contribution >= 0.6 is 15.9 Å². The van der Waals surface area contributed by atoms with E-state index >= 15 is 0 Å². The van der Waals surface area contributed by atoms with Gasteiger partial charge in [0, 0.05) is 36.8 Å². The second kappa shape index (κ2) is 6.93. The molecule has 1 aliphatic rings. The van der Waals surface area contributed by atoms with Crippen LogP contribution in [0, 0.1) is 13.8 Å². The van der Waals surface area contributed by atoms with Crippen molar-refractivity contribution in [1.82, 2.24) is 14.2 Å². The van der Waals surface area contributed by atoms with Crippen LogP contribution in [0.15, 0.2) is 39.8 Å². The van der Waals surface area contributed by atoms with Crippen LogP contribution in [-0.2, 0) is 10.0 Å². The number of aromatic amines is 1. The van der Waals surface area contributed by atoms with E-state index in [0.29, 0.717) is 36.8 Å². The summed E-state index contributed by atoms with van der Waals surface area (Å²) in [7, 11) is -3.54. The maximum absolute atomic E-state index is 12.9. The summed E-state index contributed by atoms with van der Waals surface area (Å²) in [6.07, 6.45) is 1.70. The van der Waals surface area contributed by atoms with E-state index in [0.717, 1.165) is 15.6 Å². The van der Waals surface area contributed by atoms with Gasteiger partial charge in [0.1, 0.15) is 5.69 Å². The minimum absolute atomic E-state index is 0.116. The number of sulfonamides is 1. The Kier molecular flexibility index (Phi) is 5.04. The number of rotatable bonds is 3. The fourth-order valence-corrected chi connectivity index (χ4v) is 4.99. The van der Waals surface area contributed by atoms with Crippen LogP contribution in [0.25, 0.3) is 0 Å². The number of halogens is 1. The minimum Gasteiger partial charge on any atom is -0.356 e. The zero-order valence-corrected chi connectivity index (χ0v) is 16.5. The highest BCUT2D eigenvalue weighted by atomic mass is 79.9. The monoisotopic (exact) mass is 425 g/mol. The lowest BCUT2D eigenvalue weighted by Gasteiger charge is -2.34. The van der Waals surface area contributed by atoms with Gasteiger partial charge in [-0.25, -0.2) is 8.42 Å². The number of aromatic nitrogens is 1. The second-order valence-corrected chi connectivity index (χ2v) is 9.02. The van der Waals surface area contributed by atoms with Crippen LogP contribution < -0.4 is 0 Å². The summed E-state index contributed by atoms with van der Waals surface area (Å²) in [6, 6.07) is 7.16. The second-order valence-electron chi connectivity index (χ2n) is 6.20. The van der Waals surface area contributed by atoms with E-state index in [1.807, 2.05) is 19.1 Å². The molecule has 1 amide bonds. The van der Waals surface area contributed by atoms with Crippen LogP contribution in [0.4, 0.5) is 0 Å². The number of hydrogen-bond acceptors (Lipinski definition) is 3. The van der Waals surface area contributed by atoms with Crippen molar-refractivity contribution in [3.05, 3.63) is 51.8 Å². The van der Waals surface area contributed by atoms with Crippen LogP contribution in [0.3, 0.4) is 0 Å². The zero-order valence-electron chi connectivity index (χ0n) is 14.1. The molecule has 1 aromatic carbocycles. The van der Waals surface area contributed by atoms with E-state index in [1.165, 1.54) is 4.31 Å². The molecule has 0 atom stereocenters. The van der Waals surface area contributed by atoms with E-state index < -0.39 is 10.0 Å². The first-order valence-corrected chi connectivity index (χ1v) is 10.2. The smallest absolute Gasteiger partial charge is 0.270 e. The van der Waals surface area contributed by atoms with Crippen LogP contribution in [0.2, 0.25) is 0 Å². The number of H-pyrrole nitrogens is 1. The predicted molar refractivity (Wildman–Crippen MR) is 99.1 cm³/mol. The summed E-state index contributed by atoms with van der Waals surface area (Å²) in [4.78, 5) is 17.4. The summed E-state index contributed by atoms with van der Waals surface area (Å²) in [5, 5.41) is 0. The Balaban J connectivity index is 1.73. The normalized spacial score (nSPS) is 16.2. The highest BCUT2D eigenvalue weighted by Gasteiger charge is 2.31. The third kappa shape index (κ3) is 3.65. The van der Waals surface area contributed by atoms with Crippen LogP contribution in [0.5, 0.6) is 0 Å². The number of hydrogen-bond donors (Lipinski definition) is 1. The van der Waals surface area contributed by atoms with Crippen molar-refractivity contribution in [3.8, 4) is 0 Å². The van der Waals surface area contributed by atoms with E-state index in [9.17, 15) is 13.2 Å². The van der Waals surface area contributed by atoms with Gasteiger partial charge in [0.15, 0.2) is 0 Å². The molecule has 134 valence electrons. The van der Waals surface area contributed by atoms with Crippen molar-refractivity contribution < 1.29 is 13.2 Å². The molecular weight excluding hydrogens is 406 g/mol. The molecule has 8 heteroatoms. The lowest BCUT2D eigenvalue weighted by atomic mass is 10.2. The minimum atomic E-state index is -3.54. The molecule has 1 aromatic heterocycles. The average molecular weight is 426 g/mol. The predicted octanol–water partition coefficient (Wildman–Crippen LogP) is 2.54. The molecule has 0 radical (unpaired) electrons. The van der Waals surface area contributed by atoms with Gasteiger partial charge in [-0.1, -0.05) is 12.1 Å². The standard InChI is InChI=1S/C17H20BrN3O3S/c1-12-3-4-13(2)16(9-12)25(23,24)21-7-5-20(6-8-21)17(22)15-10-14(18)11-19-15/h3-4,9-11,19H,5-8H2,1-2H3. The fraction of sp³-hybridized carbons (Fsp3) is 0.353. The molecule has 1 saturated heterocycles. The molecule has 0 saturated carbocycles. The van der Waals surface area contributed by atoms with E-state index in [2.05, 4.69) is 20.9 Å². The molecule has 1 aliphatic heterocycles. The number of benzene rings is 1. The average Bonchev–Trinajstić information content (AvgIpc) is 3.03. The summed E-state index contributed by atoms with van der Waals surface area (Å²) in [5.41, 5.74) is 2.15. The van der Waals surface area contributed by atoms with Gasteiger partial charge in [-0.15, -0.1) is 0 Å². The summed E-state index contributed by atoms with van der Waals surface area (Å²) >= 11 is 3.31. The van der Waals surface area contributed by atoms with E-state index in [4.69, 9.17) is 0 Å². The van der Waals surface area contributed by atoms with Crippen LogP contribution in [0.1, 0.15) is 21.6 Å². The maximum atomic E-state index is 12.9. The Morgan fingerprint density at radius 1 is 1.12 bits per heavy atom. The lowest BCUT2D eigenvalue weighted by molar-refractivity contribution is 0.0692. The highest BCUT2D eigenvalue weighted by molar-refractivity contribution is 9.10. The Morgan fingerprint density at radius 2 is 1.80 bits per heavy atom. The number of amides is 1. The molecule has 6 nitrogen and oxygen atoms in total. The Hall–Kier alpha value is -1.64. The number of carbonyl (C=O) groups excluding carboxylic acids is 1. The molecule has 0 spiro atoms. The Bertz CT molecular complexity index is 900. The molecule has 25 heavy (non-hydrogen) atoms. The van der Waals surface area contributed by atoms with Gasteiger partial charge in [0.05, 0.1) is 4.90 Å². The maximum Gasteiger partial charge on any atom is 0.270 e. The molecule has 1 N–H and O–H groups in total. The van der Waals surface area contributed by atoms with Crippen molar-refractivity contribution in [2.24, 2.45) is 0 Å². The van der Waals surface area contributed by atoms with Crippen molar-refractivity contribution in [2.45, 2.75) is 18.7 Å². The lowest BCUT2D eigenvalue weighted by Crippen LogP contribution is -2.50. The first kappa shape index (κ1) is 18.2. The van der Waals surface area contributed by atoms with Gasteiger partial charge in [-0.3, -0.25) is 4.79 Å². The van der Waals surface area contributed by atoms with Gasteiger partial charge < -0.3 is 9.88 Å². The molecule has 2 heterocycles. The van der Waals surface area contributed by atoms with Gasteiger partial charge in [-0.05, 0) is 53.0 Å². The first-order valence-electron chi connectivity index (χ1n) is 7.99. The summed E-state index contributed by atoms with van der Waals surface area (Å²) < 4.78 is 28.1. The van der Waals surface area contributed by atoms with Gasteiger partial charge in [0.2, 0.25) is 10.0 Å². The SMILES string of the molecule is Cc1ccc(C)c(S(=O)(=O)N2CCN(C(=O)c3cc(Br)c[nH]3)CC2)c1. The highest BCUT2D eigenvalue weighted by Crippen LogP contribution is 2.23. The summed E-state index contributed by atoms with van der Waals surface area (Å²) in [6.45, 7) is 5.02. The summed E-state index contributed by atoms with van der Waals surface area (Å²) in [5.74, 6) is -0.116. The molecule has 0 bridgehead atoms. The molecule has 0 unspecified atom stereocenters. The quantitative estimate of drug-likeness (QED) is 0.820. The largest absolute Gasteiger partial charge is 0.356 e. The van der Waals surface area contributed by atoms with Crippen molar-refractivity contribution in [1.29, 1.82) is 0 Å².